The quantitative estimate of drug-likeness (QED) is 0.310. The van der Waals surface area contributed by atoms with Crippen LogP contribution in [-0.4, -0.2) is 23.8 Å². The van der Waals surface area contributed by atoms with Crippen molar-refractivity contribution in [3.05, 3.63) is 75.2 Å². The molecule has 0 saturated heterocycles. The van der Waals surface area contributed by atoms with E-state index < -0.39 is 0 Å². The number of aromatic hydroxyl groups is 1. The zero-order valence-electron chi connectivity index (χ0n) is 15.7. The fraction of sp³-hybridized carbons (Fsp3) is 0.0909. The number of nitrogens with zero attached hydrogens (tertiary/aromatic N) is 2. The van der Waals surface area contributed by atoms with Crippen LogP contribution >= 0.6 is 43.6 Å². The zero-order chi connectivity index (χ0) is 21.1. The number of nitrogens with one attached hydrogen (secondary N) is 1. The summed E-state index contributed by atoms with van der Waals surface area (Å²) in [6, 6.07) is 19.8. The number of carbonyl (C=O) groups is 1. The Morgan fingerprint density at radius 2 is 1.60 bits per heavy atom. The van der Waals surface area contributed by atoms with Crippen LogP contribution in [-0.2, 0) is 11.2 Å². The van der Waals surface area contributed by atoms with Gasteiger partial charge in [0.1, 0.15) is 12.3 Å². The van der Waals surface area contributed by atoms with E-state index in [0.29, 0.717) is 15.4 Å². The molecule has 0 aliphatic carbocycles. The van der Waals surface area contributed by atoms with Crippen molar-refractivity contribution in [3.63, 3.8) is 0 Å². The highest BCUT2D eigenvalue weighted by Crippen LogP contribution is 2.47. The van der Waals surface area contributed by atoms with Gasteiger partial charge in [0.15, 0.2) is 0 Å². The first-order valence-corrected chi connectivity index (χ1v) is 11.5. The van der Waals surface area contributed by atoms with Crippen LogP contribution in [0.25, 0.3) is 0 Å². The lowest BCUT2D eigenvalue weighted by Crippen LogP contribution is -2.33. The van der Waals surface area contributed by atoms with Crippen LogP contribution in [0.15, 0.2) is 84.5 Å². The largest absolute Gasteiger partial charge is 0.506 e. The highest BCUT2D eigenvalue weighted by molar-refractivity contribution is 9.11. The van der Waals surface area contributed by atoms with Gasteiger partial charge in [-0.2, -0.15) is 5.10 Å². The van der Waals surface area contributed by atoms with Crippen LogP contribution in [0.2, 0.25) is 0 Å². The van der Waals surface area contributed by atoms with Crippen molar-refractivity contribution >= 4 is 67.1 Å². The molecule has 3 aromatic carbocycles. The molecule has 8 heteroatoms. The van der Waals surface area contributed by atoms with E-state index in [9.17, 15) is 9.90 Å². The predicted octanol–water partition coefficient (Wildman–Crippen LogP) is 5.86. The molecular weight excluding hydrogens is 530 g/mol. The van der Waals surface area contributed by atoms with Gasteiger partial charge < -0.3 is 10.0 Å². The first-order valence-electron chi connectivity index (χ1n) is 9.13. The number of anilines is 2. The first kappa shape index (κ1) is 21.0. The number of phenols is 1. The minimum atomic E-state index is -0.198. The fourth-order valence-corrected chi connectivity index (χ4v) is 5.51. The van der Waals surface area contributed by atoms with E-state index in [1.165, 1.54) is 0 Å². The summed E-state index contributed by atoms with van der Waals surface area (Å²) < 4.78 is 1.20. The molecule has 0 fully saturated rings. The number of benzene rings is 3. The van der Waals surface area contributed by atoms with Crippen LogP contribution in [0.3, 0.4) is 0 Å². The van der Waals surface area contributed by atoms with E-state index in [2.05, 4.69) is 54.5 Å². The minimum absolute atomic E-state index is 0.157. The number of fused-ring (bicyclic) bond motifs is 2. The highest BCUT2D eigenvalue weighted by Gasteiger charge is 2.24. The van der Waals surface area contributed by atoms with Crippen molar-refractivity contribution in [3.8, 4) is 5.75 Å². The third-order valence-electron chi connectivity index (χ3n) is 4.52. The third-order valence-corrected chi connectivity index (χ3v) is 6.86. The number of phenolic OH excluding ortho intramolecular Hbond substituents is 1. The highest BCUT2D eigenvalue weighted by atomic mass is 79.9. The monoisotopic (exact) mass is 545 g/mol. The Hall–Kier alpha value is -2.29. The van der Waals surface area contributed by atoms with E-state index in [-0.39, 0.29) is 18.2 Å². The molecule has 0 radical (unpaired) electrons. The maximum absolute atomic E-state index is 12.6. The number of hydrogen-bond acceptors (Lipinski definition) is 5. The standard InChI is InChI=1S/C22H17Br2N3O2S/c23-15-11-14(12-16(24)22(15)29)9-10-25-26-21(28)13-27-17-5-1-3-7-19(17)30-20-8-4-2-6-18(20)27/h1-8,10-12,29H,9,13H2,(H,26,28)/b25-10+. The van der Waals surface area contributed by atoms with E-state index in [1.54, 1.807) is 18.0 Å². The molecule has 0 spiro atoms. The van der Waals surface area contributed by atoms with Gasteiger partial charge in [-0.3, -0.25) is 4.79 Å². The smallest absolute Gasteiger partial charge is 0.259 e. The Balaban J connectivity index is 1.43. The molecular formula is C22H17Br2N3O2S. The van der Waals surface area contributed by atoms with Crippen molar-refractivity contribution in [2.45, 2.75) is 16.2 Å². The SMILES string of the molecule is O=C(CN1c2ccccc2Sc2ccccc21)N/N=C/Cc1cc(Br)c(O)c(Br)c1. The van der Waals surface area contributed by atoms with Crippen molar-refractivity contribution in [2.75, 3.05) is 11.4 Å². The first-order chi connectivity index (χ1) is 14.5. The summed E-state index contributed by atoms with van der Waals surface area (Å²) in [5.74, 6) is -0.0416. The molecule has 3 aromatic rings. The van der Waals surface area contributed by atoms with Gasteiger partial charge in [-0.1, -0.05) is 36.0 Å². The molecule has 152 valence electrons. The molecule has 2 N–H and O–H groups in total. The molecule has 4 rings (SSSR count). The number of rotatable bonds is 5. The molecule has 0 unspecified atom stereocenters. The van der Waals surface area contributed by atoms with Crippen LogP contribution in [0, 0.1) is 0 Å². The average molecular weight is 547 g/mol. The molecule has 1 heterocycles. The fourth-order valence-electron chi connectivity index (χ4n) is 3.14. The Morgan fingerprint density at radius 1 is 1.03 bits per heavy atom. The van der Waals surface area contributed by atoms with Gasteiger partial charge in [0.2, 0.25) is 0 Å². The van der Waals surface area contributed by atoms with Gasteiger partial charge in [-0.05, 0) is 73.8 Å². The molecule has 1 aliphatic heterocycles. The molecule has 5 nitrogen and oxygen atoms in total. The number of amides is 1. The van der Waals surface area contributed by atoms with Crippen LogP contribution in [0.5, 0.6) is 5.75 Å². The molecule has 0 bridgehead atoms. The Morgan fingerprint density at radius 3 is 2.20 bits per heavy atom. The van der Waals surface area contributed by atoms with Crippen molar-refractivity contribution < 1.29 is 9.90 Å². The maximum atomic E-state index is 12.6. The van der Waals surface area contributed by atoms with Crippen molar-refractivity contribution in [2.24, 2.45) is 5.10 Å². The summed E-state index contributed by atoms with van der Waals surface area (Å²) in [4.78, 5) is 16.8. The summed E-state index contributed by atoms with van der Waals surface area (Å²) >= 11 is 8.33. The Labute approximate surface area is 195 Å². The normalized spacial score (nSPS) is 12.5. The second-order valence-electron chi connectivity index (χ2n) is 6.58. The van der Waals surface area contributed by atoms with Crippen molar-refractivity contribution in [1.82, 2.24) is 5.43 Å². The van der Waals surface area contributed by atoms with Crippen LogP contribution < -0.4 is 10.3 Å². The van der Waals surface area contributed by atoms with Gasteiger partial charge in [-0.25, -0.2) is 5.43 Å². The lowest BCUT2D eigenvalue weighted by atomic mass is 10.1. The van der Waals surface area contributed by atoms with Gasteiger partial charge in [-0.15, -0.1) is 0 Å². The molecule has 0 aromatic heterocycles. The van der Waals surface area contributed by atoms with E-state index in [0.717, 1.165) is 26.7 Å². The number of hydrazone groups is 1. The summed E-state index contributed by atoms with van der Waals surface area (Å²) in [5.41, 5.74) is 5.58. The molecule has 1 aliphatic rings. The lowest BCUT2D eigenvalue weighted by Gasteiger charge is -2.31. The van der Waals surface area contributed by atoms with Crippen LogP contribution in [0.4, 0.5) is 11.4 Å². The predicted molar refractivity (Wildman–Crippen MR) is 128 cm³/mol. The molecule has 0 atom stereocenters. The number of para-hydroxylation sites is 2. The Bertz CT molecular complexity index is 1070. The minimum Gasteiger partial charge on any atom is -0.506 e. The summed E-state index contributed by atoms with van der Waals surface area (Å²) in [6.07, 6.45) is 2.15. The number of halogens is 2. The van der Waals surface area contributed by atoms with Gasteiger partial charge >= 0.3 is 0 Å². The second-order valence-corrected chi connectivity index (χ2v) is 9.37. The van der Waals surface area contributed by atoms with E-state index >= 15 is 0 Å². The molecule has 30 heavy (non-hydrogen) atoms. The third kappa shape index (κ3) is 4.55. The van der Waals surface area contributed by atoms with Crippen LogP contribution in [0.1, 0.15) is 5.56 Å². The summed E-state index contributed by atoms with van der Waals surface area (Å²) in [5, 5.41) is 13.9. The van der Waals surface area contributed by atoms with Crippen molar-refractivity contribution in [1.29, 1.82) is 0 Å². The average Bonchev–Trinajstić information content (AvgIpc) is 2.75. The van der Waals surface area contributed by atoms with Gasteiger partial charge in [0, 0.05) is 22.4 Å². The zero-order valence-corrected chi connectivity index (χ0v) is 19.7. The van der Waals surface area contributed by atoms with Gasteiger partial charge in [0.05, 0.1) is 20.3 Å². The van der Waals surface area contributed by atoms with Gasteiger partial charge in [0.25, 0.3) is 5.91 Å². The van der Waals surface area contributed by atoms with E-state index in [4.69, 9.17) is 0 Å². The van der Waals surface area contributed by atoms with E-state index in [1.807, 2.05) is 53.4 Å². The second kappa shape index (κ2) is 9.24. The Kier molecular flexibility index (Phi) is 6.46. The topological polar surface area (TPSA) is 64.9 Å². The summed E-state index contributed by atoms with van der Waals surface area (Å²) in [6.45, 7) is 0.169. The summed E-state index contributed by atoms with van der Waals surface area (Å²) in [7, 11) is 0. The molecule has 1 amide bonds. The maximum Gasteiger partial charge on any atom is 0.259 e. The molecule has 0 saturated carbocycles. The lowest BCUT2D eigenvalue weighted by molar-refractivity contribution is -0.119. The number of hydrogen-bond donors (Lipinski definition) is 2. The number of carbonyl (C=O) groups excluding carboxylic acids is 1.